The van der Waals surface area contributed by atoms with Crippen LogP contribution in [0.3, 0.4) is 0 Å². The minimum absolute atomic E-state index is 0.0332. The molecule has 5 nitrogen and oxygen atoms in total. The van der Waals surface area contributed by atoms with Gasteiger partial charge in [-0.2, -0.15) is 0 Å². The van der Waals surface area contributed by atoms with Crippen LogP contribution in [0.5, 0.6) is 5.75 Å². The summed E-state index contributed by atoms with van der Waals surface area (Å²) in [5.74, 6) is 1.62. The Balaban J connectivity index is 1.26. The highest BCUT2D eigenvalue weighted by molar-refractivity contribution is 5.80. The number of amides is 1. The quantitative estimate of drug-likeness (QED) is 0.276. The molecule has 1 atom stereocenters. The van der Waals surface area contributed by atoms with Gasteiger partial charge in [-0.15, -0.1) is 0 Å². The molecular weight excluding hydrogens is 446 g/mol. The van der Waals surface area contributed by atoms with Crippen molar-refractivity contribution in [2.45, 2.75) is 25.9 Å². The number of nitrogens with one attached hydrogen (secondary N) is 1. The molecule has 0 saturated heterocycles. The molecule has 0 aliphatic carbocycles. The Morgan fingerprint density at radius 2 is 1.47 bits per heavy atom. The van der Waals surface area contributed by atoms with Crippen molar-refractivity contribution in [2.24, 2.45) is 0 Å². The number of imidazole rings is 1. The summed E-state index contributed by atoms with van der Waals surface area (Å²) < 4.78 is 8.07. The van der Waals surface area contributed by atoms with Gasteiger partial charge in [0.2, 0.25) is 5.91 Å². The van der Waals surface area contributed by atoms with E-state index in [-0.39, 0.29) is 11.9 Å². The predicted octanol–water partition coefficient (Wildman–Crippen LogP) is 6.20. The van der Waals surface area contributed by atoms with Crippen LogP contribution in [0.4, 0.5) is 0 Å². The summed E-state index contributed by atoms with van der Waals surface area (Å²) in [5.41, 5.74) is 5.22. The van der Waals surface area contributed by atoms with Gasteiger partial charge in [-0.25, -0.2) is 4.98 Å². The van der Waals surface area contributed by atoms with Crippen LogP contribution in [0.2, 0.25) is 0 Å². The van der Waals surface area contributed by atoms with E-state index in [1.165, 1.54) is 0 Å². The van der Waals surface area contributed by atoms with Gasteiger partial charge < -0.3 is 14.6 Å². The number of ether oxygens (including phenoxy) is 1. The molecule has 5 rings (SSSR count). The van der Waals surface area contributed by atoms with Crippen molar-refractivity contribution >= 4 is 16.9 Å². The highest BCUT2D eigenvalue weighted by atomic mass is 16.5. The molecule has 1 N–H and O–H groups in total. The van der Waals surface area contributed by atoms with Gasteiger partial charge in [-0.1, -0.05) is 84.9 Å². The third-order valence-corrected chi connectivity index (χ3v) is 6.20. The Morgan fingerprint density at radius 3 is 2.22 bits per heavy atom. The largest absolute Gasteiger partial charge is 0.492 e. The number of hydrogen-bond donors (Lipinski definition) is 1. The summed E-state index contributed by atoms with van der Waals surface area (Å²) in [6.07, 6.45) is 0.316. The first-order chi connectivity index (χ1) is 17.7. The molecule has 5 aromatic rings. The average Bonchev–Trinajstić information content (AvgIpc) is 3.29. The molecule has 1 heterocycles. The summed E-state index contributed by atoms with van der Waals surface area (Å²) in [6.45, 7) is 3.11. The lowest BCUT2D eigenvalue weighted by Crippen LogP contribution is -2.30. The first kappa shape index (κ1) is 23.4. The standard InChI is InChI=1S/C31H29N3O2/c1-23(32-30(35)22-24-16-18-26(19-17-24)25-10-4-2-5-11-25)31-33-28-14-8-9-15-29(28)34(31)20-21-36-27-12-6-3-7-13-27/h2-19,23H,20-22H2,1H3,(H,32,35). The van der Waals surface area contributed by atoms with E-state index >= 15 is 0 Å². The Hall–Kier alpha value is -4.38. The molecule has 1 amide bonds. The fraction of sp³-hybridized carbons (Fsp3) is 0.161. The van der Waals surface area contributed by atoms with Crippen LogP contribution in [-0.2, 0) is 17.8 Å². The molecular formula is C31H29N3O2. The number of hydrogen-bond acceptors (Lipinski definition) is 3. The molecule has 0 aliphatic heterocycles. The van der Waals surface area contributed by atoms with E-state index in [9.17, 15) is 4.79 Å². The van der Waals surface area contributed by atoms with Crippen molar-refractivity contribution in [1.29, 1.82) is 0 Å². The second kappa shape index (κ2) is 10.9. The number of rotatable bonds is 9. The number of aromatic nitrogens is 2. The molecule has 0 fully saturated rings. The number of benzene rings is 4. The number of nitrogens with zero attached hydrogens (tertiary/aromatic N) is 2. The van der Waals surface area contributed by atoms with Crippen LogP contribution in [0, 0.1) is 0 Å². The second-order valence-electron chi connectivity index (χ2n) is 8.80. The molecule has 0 aliphatic rings. The molecule has 180 valence electrons. The van der Waals surface area contributed by atoms with Crippen LogP contribution in [-0.4, -0.2) is 22.1 Å². The minimum Gasteiger partial charge on any atom is -0.492 e. The third kappa shape index (κ3) is 5.47. The van der Waals surface area contributed by atoms with Crippen LogP contribution in [0.1, 0.15) is 24.4 Å². The van der Waals surface area contributed by atoms with Gasteiger partial charge in [0.05, 0.1) is 30.0 Å². The van der Waals surface area contributed by atoms with E-state index in [0.29, 0.717) is 19.6 Å². The third-order valence-electron chi connectivity index (χ3n) is 6.20. The van der Waals surface area contributed by atoms with Crippen molar-refractivity contribution < 1.29 is 9.53 Å². The smallest absolute Gasteiger partial charge is 0.224 e. The van der Waals surface area contributed by atoms with Gasteiger partial charge in [-0.3, -0.25) is 4.79 Å². The molecule has 0 radical (unpaired) electrons. The van der Waals surface area contributed by atoms with Crippen LogP contribution in [0.15, 0.2) is 109 Å². The fourth-order valence-electron chi connectivity index (χ4n) is 4.42. The first-order valence-electron chi connectivity index (χ1n) is 12.2. The van der Waals surface area contributed by atoms with Crippen molar-refractivity contribution in [3.8, 4) is 16.9 Å². The normalized spacial score (nSPS) is 11.8. The molecule has 0 saturated carbocycles. The van der Waals surface area contributed by atoms with E-state index in [1.54, 1.807) is 0 Å². The number of carbonyl (C=O) groups is 1. The molecule has 1 aromatic heterocycles. The number of carbonyl (C=O) groups excluding carboxylic acids is 1. The Labute approximate surface area is 211 Å². The average molecular weight is 476 g/mol. The summed E-state index contributed by atoms with van der Waals surface area (Å²) in [5, 5.41) is 3.14. The Bertz CT molecular complexity index is 1430. The van der Waals surface area contributed by atoms with Crippen LogP contribution < -0.4 is 10.1 Å². The van der Waals surface area contributed by atoms with E-state index in [2.05, 4.69) is 40.2 Å². The van der Waals surface area contributed by atoms with Crippen LogP contribution in [0.25, 0.3) is 22.2 Å². The first-order valence-corrected chi connectivity index (χ1v) is 12.2. The SMILES string of the molecule is CC(NC(=O)Cc1ccc(-c2ccccc2)cc1)c1nc2ccccc2n1CCOc1ccccc1. The lowest BCUT2D eigenvalue weighted by molar-refractivity contribution is -0.121. The Morgan fingerprint density at radius 1 is 0.833 bits per heavy atom. The van der Waals surface area contributed by atoms with Gasteiger partial charge in [0, 0.05) is 0 Å². The zero-order chi connectivity index (χ0) is 24.7. The molecule has 1 unspecified atom stereocenters. The summed E-state index contributed by atoms with van der Waals surface area (Å²) in [7, 11) is 0. The number of fused-ring (bicyclic) bond motifs is 1. The lowest BCUT2D eigenvalue weighted by Gasteiger charge is -2.17. The van der Waals surface area contributed by atoms with Gasteiger partial charge in [0.1, 0.15) is 18.2 Å². The van der Waals surface area contributed by atoms with Crippen molar-refractivity contribution in [3.63, 3.8) is 0 Å². The molecule has 36 heavy (non-hydrogen) atoms. The monoisotopic (exact) mass is 475 g/mol. The van der Waals surface area contributed by atoms with Gasteiger partial charge in [-0.05, 0) is 47.9 Å². The topological polar surface area (TPSA) is 56.2 Å². The summed E-state index contributed by atoms with van der Waals surface area (Å²) in [4.78, 5) is 17.7. The zero-order valence-electron chi connectivity index (χ0n) is 20.3. The van der Waals surface area contributed by atoms with Crippen molar-refractivity contribution in [2.75, 3.05) is 6.61 Å². The van der Waals surface area contributed by atoms with E-state index in [4.69, 9.17) is 9.72 Å². The van der Waals surface area contributed by atoms with Crippen LogP contribution >= 0.6 is 0 Å². The molecule has 0 bridgehead atoms. The predicted molar refractivity (Wildman–Crippen MR) is 144 cm³/mol. The zero-order valence-corrected chi connectivity index (χ0v) is 20.3. The number of para-hydroxylation sites is 3. The summed E-state index contributed by atoms with van der Waals surface area (Å²) in [6, 6.07) is 36.0. The van der Waals surface area contributed by atoms with Crippen molar-refractivity contribution in [1.82, 2.24) is 14.9 Å². The highest BCUT2D eigenvalue weighted by Gasteiger charge is 2.18. The highest BCUT2D eigenvalue weighted by Crippen LogP contribution is 2.22. The fourth-order valence-corrected chi connectivity index (χ4v) is 4.42. The van der Waals surface area contributed by atoms with Gasteiger partial charge in [0.25, 0.3) is 0 Å². The van der Waals surface area contributed by atoms with Gasteiger partial charge >= 0.3 is 0 Å². The molecule has 0 spiro atoms. The lowest BCUT2D eigenvalue weighted by atomic mass is 10.0. The Kier molecular flexibility index (Phi) is 7.08. The van der Waals surface area contributed by atoms with E-state index in [0.717, 1.165) is 39.3 Å². The van der Waals surface area contributed by atoms with E-state index in [1.807, 2.05) is 85.8 Å². The maximum atomic E-state index is 12.9. The maximum absolute atomic E-state index is 12.9. The summed E-state index contributed by atoms with van der Waals surface area (Å²) >= 11 is 0. The van der Waals surface area contributed by atoms with E-state index < -0.39 is 0 Å². The molecule has 4 aromatic carbocycles. The second-order valence-corrected chi connectivity index (χ2v) is 8.80. The molecule has 5 heteroatoms. The maximum Gasteiger partial charge on any atom is 0.224 e. The van der Waals surface area contributed by atoms with Gasteiger partial charge in [0.15, 0.2) is 0 Å². The minimum atomic E-state index is -0.245. The van der Waals surface area contributed by atoms with Crippen molar-refractivity contribution in [3.05, 3.63) is 121 Å².